The molecule has 0 amide bonds. The van der Waals surface area contributed by atoms with Crippen molar-refractivity contribution in [1.82, 2.24) is 4.57 Å². The summed E-state index contributed by atoms with van der Waals surface area (Å²) < 4.78 is 4.25. The Balaban J connectivity index is 0.00000261. The van der Waals surface area contributed by atoms with Gasteiger partial charge in [-0.1, -0.05) is 5.11 Å². The van der Waals surface area contributed by atoms with Gasteiger partial charge >= 0.3 is 5.95 Å². The summed E-state index contributed by atoms with van der Waals surface area (Å²) in [6.07, 6.45) is 6.05. The summed E-state index contributed by atoms with van der Waals surface area (Å²) in [5.41, 5.74) is 12.7. The molecular formula is C18H30BrCl2N8-. The number of quaternary nitrogens is 1. The van der Waals surface area contributed by atoms with E-state index in [0.29, 0.717) is 6.54 Å². The topological polar surface area (TPSA) is 102 Å². The van der Waals surface area contributed by atoms with Crippen molar-refractivity contribution in [2.45, 2.75) is 25.9 Å². The Bertz CT molecular complexity index is 743. The van der Waals surface area contributed by atoms with Crippen LogP contribution >= 0.6 is 0 Å². The van der Waals surface area contributed by atoms with Gasteiger partial charge in [-0.25, -0.2) is 9.13 Å². The Morgan fingerprint density at radius 2 is 2.03 bits per heavy atom. The van der Waals surface area contributed by atoms with Crippen LogP contribution in [0.1, 0.15) is 12.8 Å². The van der Waals surface area contributed by atoms with Gasteiger partial charge in [0.15, 0.2) is 0 Å². The summed E-state index contributed by atoms with van der Waals surface area (Å²) in [6, 6.07) is 6.17. The van der Waals surface area contributed by atoms with Gasteiger partial charge in [0, 0.05) is 31.7 Å². The third kappa shape index (κ3) is 7.11. The van der Waals surface area contributed by atoms with E-state index in [4.69, 9.17) is 5.73 Å². The fraction of sp³-hybridized carbons (Fsp3) is 0.500. The fourth-order valence-corrected chi connectivity index (χ4v) is 3.11. The Morgan fingerprint density at radius 1 is 1.24 bits per heavy atom. The molecule has 2 aromatic rings. The van der Waals surface area contributed by atoms with Crippen LogP contribution in [0.4, 0.5) is 23.0 Å². The molecule has 1 aliphatic heterocycles. The smallest absolute Gasteiger partial charge is 0.421 e. The average Bonchev–Trinajstić information content (AvgIpc) is 3.04. The quantitative estimate of drug-likeness (QED) is 0.244. The molecule has 8 nitrogen and oxygen atoms in total. The number of aryl methyl sites for hydroxylation is 2. The number of anilines is 2. The summed E-state index contributed by atoms with van der Waals surface area (Å²) in [5, 5.41) is 12.5. The number of likely N-dealkylation sites (N-methyl/N-ethyl adjacent to an activating group) is 1. The van der Waals surface area contributed by atoms with Crippen LogP contribution in [0.2, 0.25) is 0 Å². The van der Waals surface area contributed by atoms with Crippen molar-refractivity contribution < 1.29 is 52.1 Å². The maximum atomic E-state index is 5.66. The first-order chi connectivity index (χ1) is 12.7. The second-order valence-electron chi connectivity index (χ2n) is 6.58. The third-order valence-corrected chi connectivity index (χ3v) is 4.60. The number of hydrogen-bond donors (Lipinski definition) is 3. The summed E-state index contributed by atoms with van der Waals surface area (Å²) in [5.74, 6) is 0.856. The normalized spacial score (nSPS) is 12.4. The Labute approximate surface area is 195 Å². The number of halogens is 3. The van der Waals surface area contributed by atoms with E-state index in [0.717, 1.165) is 62.9 Å². The van der Waals surface area contributed by atoms with E-state index in [1.54, 1.807) is 0 Å². The zero-order valence-corrected chi connectivity index (χ0v) is 19.8. The molecule has 0 atom stereocenters. The molecule has 29 heavy (non-hydrogen) atoms. The number of aromatic nitrogens is 2. The summed E-state index contributed by atoms with van der Waals surface area (Å²) in [4.78, 5) is 2.25. The lowest BCUT2D eigenvalue weighted by Crippen LogP contribution is -3.00. The lowest BCUT2D eigenvalue weighted by atomic mass is 10.2. The van der Waals surface area contributed by atoms with Crippen LogP contribution < -0.4 is 68.0 Å². The molecule has 164 valence electrons. The number of hydrogen-bond acceptors (Lipinski definition) is 5. The van der Waals surface area contributed by atoms with Gasteiger partial charge in [-0.3, -0.25) is 0 Å². The van der Waals surface area contributed by atoms with E-state index in [2.05, 4.69) is 66.9 Å². The van der Waals surface area contributed by atoms with E-state index in [1.165, 1.54) is 5.69 Å². The first-order valence-electron chi connectivity index (χ1n) is 9.31. The number of nitrogens with zero attached hydrogens (tertiary/aromatic N) is 5. The molecule has 0 saturated heterocycles. The summed E-state index contributed by atoms with van der Waals surface area (Å²) in [6.45, 7) is 5.26. The number of rotatable bonds is 8. The zero-order valence-electron chi connectivity index (χ0n) is 16.7. The van der Waals surface area contributed by atoms with Gasteiger partial charge in [0.25, 0.3) is 0 Å². The van der Waals surface area contributed by atoms with Crippen LogP contribution in [-0.4, -0.2) is 37.8 Å². The Hall–Kier alpha value is -1.39. The second-order valence-corrected chi connectivity index (χ2v) is 6.58. The van der Waals surface area contributed by atoms with E-state index < -0.39 is 0 Å². The minimum atomic E-state index is 0. The van der Waals surface area contributed by atoms with Crippen LogP contribution in [0.25, 0.3) is 0 Å². The first kappa shape index (κ1) is 27.6. The monoisotopic (exact) mass is 507 g/mol. The molecule has 0 fully saturated rings. The summed E-state index contributed by atoms with van der Waals surface area (Å²) >= 11 is 0. The molecule has 3 rings (SSSR count). The maximum absolute atomic E-state index is 5.66. The molecular weight excluding hydrogens is 479 g/mol. The van der Waals surface area contributed by atoms with Crippen LogP contribution in [-0.2, 0) is 13.1 Å². The van der Waals surface area contributed by atoms with E-state index in [9.17, 15) is 0 Å². The van der Waals surface area contributed by atoms with E-state index in [-0.39, 0.29) is 41.8 Å². The molecule has 11 heteroatoms. The number of benzene rings is 1. The van der Waals surface area contributed by atoms with Crippen molar-refractivity contribution >= 4 is 23.0 Å². The summed E-state index contributed by atoms with van der Waals surface area (Å²) in [7, 11) is 2.11. The Kier molecular flexibility index (Phi) is 13.1. The van der Waals surface area contributed by atoms with Crippen molar-refractivity contribution in [2.24, 2.45) is 16.0 Å². The number of imidazole rings is 1. The molecule has 0 bridgehead atoms. The van der Waals surface area contributed by atoms with Crippen LogP contribution in [0, 0.1) is 0 Å². The number of azo groups is 1. The highest BCUT2D eigenvalue weighted by atomic mass is 79.9. The van der Waals surface area contributed by atoms with E-state index >= 15 is 0 Å². The lowest BCUT2D eigenvalue weighted by molar-refractivity contribution is -0.686. The van der Waals surface area contributed by atoms with Crippen molar-refractivity contribution in [3.05, 3.63) is 30.6 Å². The predicted octanol–water partition coefficient (Wildman–Crippen LogP) is -7.95. The highest BCUT2D eigenvalue weighted by Crippen LogP contribution is 2.32. The zero-order chi connectivity index (χ0) is 18.4. The standard InChI is InChI=1S/C18H29N8.BrH.2ClH/c1-24-11-8-21-16-14-15(4-5-17(16)24)22-23-18-25(9-2-6-19)12-13-26(18)10-3-7-20;;;/h4-5,12-14,21H,2-3,6-11,19-20H2,1H3;3*1H/q+1;;;/p-2. The van der Waals surface area contributed by atoms with Crippen LogP contribution in [0.5, 0.6) is 0 Å². The number of nitrogens with one attached hydrogen (secondary N) is 1. The molecule has 1 aliphatic rings. The third-order valence-electron chi connectivity index (χ3n) is 4.60. The second kappa shape index (κ2) is 13.8. The van der Waals surface area contributed by atoms with Gasteiger partial charge in [0.05, 0.1) is 43.4 Å². The molecule has 0 saturated carbocycles. The molecule has 6 N–H and O–H groups in total. The highest BCUT2D eigenvalue weighted by molar-refractivity contribution is 5.75. The van der Waals surface area contributed by atoms with E-state index in [1.807, 2.05) is 6.07 Å². The van der Waals surface area contributed by atoms with Gasteiger partial charge in [-0.15, -0.1) is 0 Å². The first-order valence-corrected chi connectivity index (χ1v) is 9.31. The lowest BCUT2D eigenvalue weighted by Gasteiger charge is -2.28. The Morgan fingerprint density at radius 3 is 2.76 bits per heavy atom. The van der Waals surface area contributed by atoms with Crippen molar-refractivity contribution in [3.8, 4) is 0 Å². The molecule has 0 unspecified atom stereocenters. The average molecular weight is 509 g/mol. The minimum Gasteiger partial charge on any atom is -1.00 e. The van der Waals surface area contributed by atoms with Gasteiger partial charge in [0.2, 0.25) is 0 Å². The molecule has 1 aromatic carbocycles. The van der Waals surface area contributed by atoms with Gasteiger partial charge in [-0.2, -0.15) is 0 Å². The van der Waals surface area contributed by atoms with Crippen molar-refractivity contribution in [2.75, 3.05) is 43.4 Å². The largest absolute Gasteiger partial charge is 1.00 e. The van der Waals surface area contributed by atoms with Crippen LogP contribution in [0.3, 0.4) is 0 Å². The van der Waals surface area contributed by atoms with Crippen molar-refractivity contribution in [3.63, 3.8) is 0 Å². The predicted molar refractivity (Wildman–Crippen MR) is 103 cm³/mol. The molecule has 1 aromatic heterocycles. The minimum absolute atomic E-state index is 0. The SMILES string of the molecule is CN1CCNc2cc(N=Nc3n(CCCN)cc[n+]3CCC[NH3+])ccc21.[Br-].[Cl-].[Cl-]. The number of fused-ring (bicyclic) bond motifs is 1. The van der Waals surface area contributed by atoms with Crippen molar-refractivity contribution in [1.29, 1.82) is 0 Å². The highest BCUT2D eigenvalue weighted by Gasteiger charge is 2.18. The molecule has 0 aliphatic carbocycles. The van der Waals surface area contributed by atoms with Crippen LogP contribution in [0.15, 0.2) is 40.8 Å². The van der Waals surface area contributed by atoms with Gasteiger partial charge in [-0.05, 0) is 31.2 Å². The fourth-order valence-electron chi connectivity index (χ4n) is 3.11. The molecule has 0 radical (unpaired) electrons. The molecule has 0 spiro atoms. The number of nitrogens with two attached hydrogens (primary N) is 1. The molecule has 2 heterocycles. The maximum Gasteiger partial charge on any atom is 0.421 e. The van der Waals surface area contributed by atoms with Gasteiger partial charge < -0.3 is 63.5 Å². The van der Waals surface area contributed by atoms with Gasteiger partial charge in [0.1, 0.15) is 5.69 Å².